The maximum Gasteiger partial charge on any atom is 0.338 e. The van der Waals surface area contributed by atoms with E-state index in [0.29, 0.717) is 45.0 Å². The predicted molar refractivity (Wildman–Crippen MR) is 131 cm³/mol. The second-order valence-electron chi connectivity index (χ2n) is 9.46. The summed E-state index contributed by atoms with van der Waals surface area (Å²) in [5.74, 6) is -0.0937. The van der Waals surface area contributed by atoms with E-state index in [1.54, 1.807) is 12.1 Å². The first kappa shape index (κ1) is 29.3. The van der Waals surface area contributed by atoms with Crippen LogP contribution < -0.4 is 0 Å². The Morgan fingerprint density at radius 2 is 1.48 bits per heavy atom. The van der Waals surface area contributed by atoms with E-state index in [1.807, 2.05) is 45.9 Å². The third-order valence-electron chi connectivity index (χ3n) is 5.65. The highest BCUT2D eigenvalue weighted by molar-refractivity contribution is 5.89. The smallest absolute Gasteiger partial charge is 0.338 e. The summed E-state index contributed by atoms with van der Waals surface area (Å²) in [5, 5.41) is 0. The van der Waals surface area contributed by atoms with E-state index >= 15 is 0 Å². The number of carbonyl (C=O) groups excluding carboxylic acids is 2. The highest BCUT2D eigenvalue weighted by atomic mass is 16.6. The first-order valence-electron chi connectivity index (χ1n) is 12.2. The molecular formula is C27H44O6. The van der Waals surface area contributed by atoms with Crippen LogP contribution >= 0.6 is 0 Å². The number of unbranched alkanes of at least 4 members (excludes halogenated alkanes) is 1. The van der Waals surface area contributed by atoms with E-state index in [-0.39, 0.29) is 17.7 Å². The van der Waals surface area contributed by atoms with E-state index < -0.39 is 11.2 Å². The number of ether oxygens (including phenoxy) is 4. The standard InChI is InChI=1S/C27H44O6/c1-7-9-13-22(8-2)24(28)27(5,6)32-21-20-31-19-18-30-17-16-26(3,4)33-25(29)23-14-11-10-12-15-23/h10-12,14-15,22H,7-9,13,16-21H2,1-6H3. The van der Waals surface area contributed by atoms with E-state index in [9.17, 15) is 9.59 Å². The van der Waals surface area contributed by atoms with Gasteiger partial charge in [0.25, 0.3) is 0 Å². The van der Waals surface area contributed by atoms with Crippen LogP contribution in [0.4, 0.5) is 0 Å². The minimum absolute atomic E-state index is 0.0606. The predicted octanol–water partition coefficient (Wildman–Crippen LogP) is 5.63. The van der Waals surface area contributed by atoms with Crippen molar-refractivity contribution in [3.8, 4) is 0 Å². The molecule has 1 unspecified atom stereocenters. The molecule has 0 aromatic heterocycles. The van der Waals surface area contributed by atoms with Gasteiger partial charge < -0.3 is 18.9 Å². The van der Waals surface area contributed by atoms with Crippen LogP contribution in [0.2, 0.25) is 0 Å². The van der Waals surface area contributed by atoms with Gasteiger partial charge in [0.05, 0.1) is 38.6 Å². The van der Waals surface area contributed by atoms with Gasteiger partial charge in [-0.1, -0.05) is 44.9 Å². The second-order valence-corrected chi connectivity index (χ2v) is 9.46. The summed E-state index contributed by atoms with van der Waals surface area (Å²) in [6.45, 7) is 13.8. The van der Waals surface area contributed by atoms with Gasteiger partial charge in [0.1, 0.15) is 11.2 Å². The van der Waals surface area contributed by atoms with Gasteiger partial charge in [0.2, 0.25) is 0 Å². The topological polar surface area (TPSA) is 71.1 Å². The average molecular weight is 465 g/mol. The number of benzene rings is 1. The molecule has 0 N–H and O–H groups in total. The van der Waals surface area contributed by atoms with E-state index in [2.05, 4.69) is 13.8 Å². The first-order valence-corrected chi connectivity index (χ1v) is 12.2. The zero-order chi connectivity index (χ0) is 24.7. The molecule has 1 atom stereocenters. The van der Waals surface area contributed by atoms with Crippen LogP contribution in [-0.4, -0.2) is 56.0 Å². The Labute approximate surface area is 200 Å². The third kappa shape index (κ3) is 11.8. The normalized spacial score (nSPS) is 13.0. The molecule has 0 aliphatic heterocycles. The first-order chi connectivity index (χ1) is 15.6. The lowest BCUT2D eigenvalue weighted by molar-refractivity contribution is -0.147. The molecule has 0 saturated carbocycles. The largest absolute Gasteiger partial charge is 0.456 e. The molecule has 0 radical (unpaired) electrons. The summed E-state index contributed by atoms with van der Waals surface area (Å²) in [6, 6.07) is 8.96. The average Bonchev–Trinajstić information content (AvgIpc) is 2.78. The van der Waals surface area contributed by atoms with Crippen LogP contribution in [0.5, 0.6) is 0 Å². The fourth-order valence-corrected chi connectivity index (χ4v) is 3.46. The highest BCUT2D eigenvalue weighted by Gasteiger charge is 2.33. The zero-order valence-electron chi connectivity index (χ0n) is 21.5. The Morgan fingerprint density at radius 3 is 2.09 bits per heavy atom. The van der Waals surface area contributed by atoms with Crippen LogP contribution in [0.25, 0.3) is 0 Å². The maximum atomic E-state index is 12.8. The fraction of sp³-hybridized carbons (Fsp3) is 0.704. The van der Waals surface area contributed by atoms with Crippen molar-refractivity contribution in [1.82, 2.24) is 0 Å². The summed E-state index contributed by atoms with van der Waals surface area (Å²) < 4.78 is 22.6. The van der Waals surface area contributed by atoms with Crippen molar-refractivity contribution >= 4 is 11.8 Å². The molecule has 0 aliphatic carbocycles. The monoisotopic (exact) mass is 464 g/mol. The van der Waals surface area contributed by atoms with Crippen molar-refractivity contribution in [3.05, 3.63) is 35.9 Å². The van der Waals surface area contributed by atoms with Crippen molar-refractivity contribution in [2.75, 3.05) is 33.0 Å². The van der Waals surface area contributed by atoms with Crippen LogP contribution in [0.15, 0.2) is 30.3 Å². The van der Waals surface area contributed by atoms with Crippen LogP contribution in [0, 0.1) is 5.92 Å². The number of carbonyl (C=O) groups is 2. The molecule has 6 heteroatoms. The number of Topliss-reactive ketones (excluding diaryl/α,β-unsaturated/α-hetero) is 1. The quantitative estimate of drug-likeness (QED) is 0.207. The minimum Gasteiger partial charge on any atom is -0.456 e. The SMILES string of the molecule is CCCCC(CC)C(=O)C(C)(C)OCCOCCOCCC(C)(C)OC(=O)c1ccccc1. The van der Waals surface area contributed by atoms with Crippen molar-refractivity contribution in [1.29, 1.82) is 0 Å². The van der Waals surface area contributed by atoms with Crippen molar-refractivity contribution in [2.45, 2.75) is 84.8 Å². The third-order valence-corrected chi connectivity index (χ3v) is 5.65. The van der Waals surface area contributed by atoms with Gasteiger partial charge in [-0.3, -0.25) is 4.79 Å². The van der Waals surface area contributed by atoms with E-state index in [1.165, 1.54) is 0 Å². The summed E-state index contributed by atoms with van der Waals surface area (Å²) in [6.07, 6.45) is 4.52. The molecule has 0 fully saturated rings. The van der Waals surface area contributed by atoms with Gasteiger partial charge in [-0.05, 0) is 52.7 Å². The lowest BCUT2D eigenvalue weighted by atomic mass is 9.86. The maximum absolute atomic E-state index is 12.8. The molecule has 6 nitrogen and oxygen atoms in total. The molecule has 0 spiro atoms. The number of ketones is 1. The van der Waals surface area contributed by atoms with E-state index in [0.717, 1.165) is 25.7 Å². The van der Waals surface area contributed by atoms with Gasteiger partial charge in [0.15, 0.2) is 5.78 Å². The highest BCUT2D eigenvalue weighted by Crippen LogP contribution is 2.23. The van der Waals surface area contributed by atoms with E-state index in [4.69, 9.17) is 18.9 Å². The van der Waals surface area contributed by atoms with Crippen LogP contribution in [0.1, 0.15) is 84.0 Å². The molecule has 0 bridgehead atoms. The van der Waals surface area contributed by atoms with Crippen molar-refractivity contribution in [2.24, 2.45) is 5.92 Å². The Bertz CT molecular complexity index is 683. The molecule has 0 aliphatic rings. The van der Waals surface area contributed by atoms with Gasteiger partial charge in [-0.15, -0.1) is 0 Å². The van der Waals surface area contributed by atoms with Crippen LogP contribution in [0.3, 0.4) is 0 Å². The lowest BCUT2D eigenvalue weighted by Crippen LogP contribution is -2.40. The van der Waals surface area contributed by atoms with Crippen molar-refractivity contribution < 1.29 is 28.5 Å². The second kappa shape index (κ2) is 15.2. The molecular weight excluding hydrogens is 420 g/mol. The molecule has 0 amide bonds. The van der Waals surface area contributed by atoms with Gasteiger partial charge in [-0.25, -0.2) is 4.79 Å². The number of hydrogen-bond donors (Lipinski definition) is 0. The molecule has 1 rings (SSSR count). The Balaban J connectivity index is 2.16. The Hall–Kier alpha value is -1.76. The Morgan fingerprint density at radius 1 is 0.879 bits per heavy atom. The minimum atomic E-state index is -0.795. The van der Waals surface area contributed by atoms with Crippen molar-refractivity contribution in [3.63, 3.8) is 0 Å². The molecule has 33 heavy (non-hydrogen) atoms. The summed E-state index contributed by atoms with van der Waals surface area (Å²) in [4.78, 5) is 24.9. The fourth-order valence-electron chi connectivity index (χ4n) is 3.46. The number of hydrogen-bond acceptors (Lipinski definition) is 6. The molecule has 0 saturated heterocycles. The summed E-state index contributed by atoms with van der Waals surface area (Å²) in [7, 11) is 0. The van der Waals surface area contributed by atoms with Crippen LogP contribution in [-0.2, 0) is 23.7 Å². The van der Waals surface area contributed by atoms with Gasteiger partial charge in [-0.2, -0.15) is 0 Å². The van der Waals surface area contributed by atoms with Gasteiger partial charge >= 0.3 is 5.97 Å². The number of esters is 1. The summed E-state index contributed by atoms with van der Waals surface area (Å²) >= 11 is 0. The molecule has 1 aromatic carbocycles. The number of rotatable bonds is 18. The molecule has 0 heterocycles. The Kier molecular flexibility index (Phi) is 13.5. The molecule has 1 aromatic rings. The summed E-state index contributed by atoms with van der Waals surface area (Å²) in [5.41, 5.74) is -0.872. The van der Waals surface area contributed by atoms with Gasteiger partial charge in [0, 0.05) is 12.3 Å². The lowest BCUT2D eigenvalue weighted by Gasteiger charge is -2.28. The molecule has 188 valence electrons. The zero-order valence-corrected chi connectivity index (χ0v) is 21.5.